The third kappa shape index (κ3) is 9.34. The second-order valence-corrected chi connectivity index (χ2v) is 13.7. The van der Waals surface area contributed by atoms with Gasteiger partial charge < -0.3 is 19.9 Å². The van der Waals surface area contributed by atoms with Gasteiger partial charge >= 0.3 is 6.09 Å². The van der Waals surface area contributed by atoms with Crippen LogP contribution in [0.25, 0.3) is 0 Å². The highest BCUT2D eigenvalue weighted by Gasteiger charge is 2.30. The average molecular weight is 572 g/mol. The van der Waals surface area contributed by atoms with E-state index < -0.39 is 21.5 Å². The van der Waals surface area contributed by atoms with Crippen molar-refractivity contribution in [1.82, 2.24) is 15.1 Å². The van der Waals surface area contributed by atoms with Crippen molar-refractivity contribution in [1.29, 1.82) is 0 Å². The number of sulfone groups is 1. The quantitative estimate of drug-likeness (QED) is 0.432. The molecule has 0 bridgehead atoms. The first kappa shape index (κ1) is 31.6. The van der Waals surface area contributed by atoms with Gasteiger partial charge in [-0.2, -0.15) is 0 Å². The minimum atomic E-state index is -3.26. The van der Waals surface area contributed by atoms with Crippen LogP contribution < -0.4 is 5.32 Å². The van der Waals surface area contributed by atoms with Gasteiger partial charge in [0.2, 0.25) is 5.91 Å². The van der Waals surface area contributed by atoms with E-state index in [9.17, 15) is 18.0 Å². The number of rotatable bonds is 10. The Hall–Kier alpha value is -2.91. The molecule has 1 N–H and O–H groups in total. The Kier molecular flexibility index (Phi) is 10.8. The van der Waals surface area contributed by atoms with Crippen LogP contribution in [-0.4, -0.2) is 73.8 Å². The van der Waals surface area contributed by atoms with Gasteiger partial charge in [0.1, 0.15) is 5.60 Å². The van der Waals surface area contributed by atoms with Crippen molar-refractivity contribution in [2.45, 2.75) is 88.9 Å². The van der Waals surface area contributed by atoms with Crippen LogP contribution in [0.3, 0.4) is 0 Å². The summed E-state index contributed by atoms with van der Waals surface area (Å²) >= 11 is 0. The first-order valence-corrected chi connectivity index (χ1v) is 16.0. The van der Waals surface area contributed by atoms with Gasteiger partial charge in [-0.15, -0.1) is 0 Å². The van der Waals surface area contributed by atoms with Gasteiger partial charge in [-0.05, 0) is 77.1 Å². The molecule has 2 aromatic carbocycles. The second kappa shape index (κ2) is 13.6. The molecule has 9 heteroatoms. The highest BCUT2D eigenvalue weighted by Crippen LogP contribution is 2.26. The van der Waals surface area contributed by atoms with Crippen molar-refractivity contribution in [2.75, 3.05) is 25.9 Å². The first-order chi connectivity index (χ1) is 18.8. The van der Waals surface area contributed by atoms with Crippen molar-refractivity contribution in [3.05, 3.63) is 65.7 Å². The van der Waals surface area contributed by atoms with Crippen LogP contribution >= 0.6 is 0 Å². The molecule has 1 aliphatic heterocycles. The molecule has 2 amide bonds. The summed E-state index contributed by atoms with van der Waals surface area (Å²) < 4.78 is 29.0. The summed E-state index contributed by atoms with van der Waals surface area (Å²) in [6, 6.07) is 16.8. The van der Waals surface area contributed by atoms with Crippen LogP contribution in [0.15, 0.2) is 59.5 Å². The second-order valence-electron chi connectivity index (χ2n) is 11.7. The molecule has 0 spiro atoms. The summed E-state index contributed by atoms with van der Waals surface area (Å²) in [5, 5.41) is 3.07. The van der Waals surface area contributed by atoms with Gasteiger partial charge in [0.25, 0.3) is 0 Å². The van der Waals surface area contributed by atoms with Crippen molar-refractivity contribution < 1.29 is 22.7 Å². The van der Waals surface area contributed by atoms with Gasteiger partial charge in [0.05, 0.1) is 17.4 Å². The number of hydrogen-bond acceptors (Lipinski definition) is 6. The molecular formula is C31H45N3O5S. The lowest BCUT2D eigenvalue weighted by molar-refractivity contribution is -0.133. The fraction of sp³-hybridized carbons (Fsp3) is 0.548. The van der Waals surface area contributed by atoms with Crippen LogP contribution in [0, 0.1) is 0 Å². The number of nitrogens with one attached hydrogen (secondary N) is 1. The molecular weight excluding hydrogens is 526 g/mol. The summed E-state index contributed by atoms with van der Waals surface area (Å²) in [5.74, 6) is 0.0619. The Balaban J connectivity index is 1.58. The molecule has 3 rings (SSSR count). The molecule has 0 aromatic heterocycles. The summed E-state index contributed by atoms with van der Waals surface area (Å²) in [7, 11) is -3.26. The maximum atomic E-state index is 13.2. The summed E-state index contributed by atoms with van der Waals surface area (Å²) in [6.07, 6.45) is 3.52. The summed E-state index contributed by atoms with van der Waals surface area (Å²) in [4.78, 5) is 30.4. The van der Waals surface area contributed by atoms with E-state index >= 15 is 0 Å². The molecule has 2 aromatic rings. The number of likely N-dealkylation sites (tertiary alicyclic amines) is 1. The zero-order valence-corrected chi connectivity index (χ0v) is 25.5. The average Bonchev–Trinajstić information content (AvgIpc) is 2.88. The molecule has 1 unspecified atom stereocenters. The topological polar surface area (TPSA) is 96.0 Å². The van der Waals surface area contributed by atoms with Gasteiger partial charge in [0.15, 0.2) is 9.84 Å². The lowest BCUT2D eigenvalue weighted by Gasteiger charge is -2.41. The fourth-order valence-electron chi connectivity index (χ4n) is 5.31. The number of amides is 2. The van der Waals surface area contributed by atoms with Crippen molar-refractivity contribution >= 4 is 21.8 Å². The molecule has 1 saturated heterocycles. The number of benzene rings is 2. The Morgan fingerprint density at radius 1 is 1.05 bits per heavy atom. The van der Waals surface area contributed by atoms with E-state index in [1.54, 1.807) is 24.3 Å². The number of carbonyl (C=O) groups is 2. The van der Waals surface area contributed by atoms with Gasteiger partial charge in [-0.1, -0.05) is 42.5 Å². The highest BCUT2D eigenvalue weighted by atomic mass is 32.2. The van der Waals surface area contributed by atoms with Gasteiger partial charge in [-0.3, -0.25) is 4.79 Å². The van der Waals surface area contributed by atoms with E-state index in [1.807, 2.05) is 62.9 Å². The Morgan fingerprint density at radius 2 is 1.65 bits per heavy atom. The third-order valence-corrected chi connectivity index (χ3v) is 8.53. The van der Waals surface area contributed by atoms with E-state index in [-0.39, 0.29) is 35.3 Å². The number of piperidine rings is 1. The minimum Gasteiger partial charge on any atom is -0.444 e. The molecule has 1 heterocycles. The van der Waals surface area contributed by atoms with Crippen LogP contribution in [0.2, 0.25) is 0 Å². The van der Waals surface area contributed by atoms with Crippen LogP contribution in [0.5, 0.6) is 0 Å². The molecule has 0 aliphatic carbocycles. The number of likely N-dealkylation sites (N-methyl/N-ethyl adjacent to an activating group) is 1. The van der Waals surface area contributed by atoms with E-state index in [0.717, 1.165) is 43.5 Å². The normalized spacial score (nSPS) is 16.6. The smallest absolute Gasteiger partial charge is 0.408 e. The number of carbonyl (C=O) groups excluding carboxylic acids is 2. The maximum absolute atomic E-state index is 13.2. The van der Waals surface area contributed by atoms with Gasteiger partial charge in [-0.25, -0.2) is 13.2 Å². The molecule has 1 fully saturated rings. The minimum absolute atomic E-state index is 0.0619. The molecule has 2 atom stereocenters. The predicted molar refractivity (Wildman–Crippen MR) is 158 cm³/mol. The zero-order valence-electron chi connectivity index (χ0n) is 24.7. The van der Waals surface area contributed by atoms with Crippen molar-refractivity contribution in [2.24, 2.45) is 0 Å². The molecule has 1 aliphatic rings. The van der Waals surface area contributed by atoms with Crippen LogP contribution in [0.4, 0.5) is 4.79 Å². The zero-order chi connectivity index (χ0) is 29.5. The standard InChI is InChI=1S/C31H45N3O5S/c1-7-34(29(35)22-24-13-15-27(16-14-24)40(6,37)38)26-17-19-33(20-18-26)23(2)21-28(25-11-9-8-10-12-25)32-30(36)39-31(3,4)5/h8-16,23,26,28H,7,17-22H2,1-6H3,(H,32,36)/t23?,28-/m0/s1. The number of ether oxygens (including phenoxy) is 1. The number of nitrogens with zero attached hydrogens (tertiary/aromatic N) is 2. The monoisotopic (exact) mass is 571 g/mol. The Bertz CT molecular complexity index is 1220. The third-order valence-electron chi connectivity index (χ3n) is 7.40. The SMILES string of the molecule is CCN(C(=O)Cc1ccc(S(C)(=O)=O)cc1)C1CCN(C(C)C[C@H](NC(=O)OC(C)(C)C)c2ccccc2)CC1. The van der Waals surface area contributed by atoms with E-state index in [2.05, 4.69) is 17.1 Å². The van der Waals surface area contributed by atoms with Crippen LogP contribution in [-0.2, 0) is 25.8 Å². The lowest BCUT2D eigenvalue weighted by Crippen LogP contribution is -2.50. The molecule has 220 valence electrons. The predicted octanol–water partition coefficient (Wildman–Crippen LogP) is 4.99. The highest BCUT2D eigenvalue weighted by molar-refractivity contribution is 7.90. The molecule has 8 nitrogen and oxygen atoms in total. The molecule has 40 heavy (non-hydrogen) atoms. The summed E-state index contributed by atoms with van der Waals surface area (Å²) in [5.41, 5.74) is 1.29. The van der Waals surface area contributed by atoms with Crippen molar-refractivity contribution in [3.63, 3.8) is 0 Å². The first-order valence-electron chi connectivity index (χ1n) is 14.1. The molecule has 0 radical (unpaired) electrons. The molecule has 0 saturated carbocycles. The van der Waals surface area contributed by atoms with Crippen LogP contribution in [0.1, 0.15) is 71.0 Å². The number of hydrogen-bond donors (Lipinski definition) is 1. The summed E-state index contributed by atoms with van der Waals surface area (Å²) in [6.45, 7) is 12.1. The lowest BCUT2D eigenvalue weighted by atomic mass is 9.96. The van der Waals surface area contributed by atoms with E-state index in [4.69, 9.17) is 4.74 Å². The Labute approximate surface area is 240 Å². The fourth-order valence-corrected chi connectivity index (χ4v) is 5.94. The number of alkyl carbamates (subject to hydrolysis) is 1. The largest absolute Gasteiger partial charge is 0.444 e. The van der Waals surface area contributed by atoms with Crippen molar-refractivity contribution in [3.8, 4) is 0 Å². The van der Waals surface area contributed by atoms with Gasteiger partial charge in [0, 0.05) is 38.0 Å². The Morgan fingerprint density at radius 3 is 2.17 bits per heavy atom. The van der Waals surface area contributed by atoms with E-state index in [1.165, 1.54) is 6.26 Å². The van der Waals surface area contributed by atoms with E-state index in [0.29, 0.717) is 6.54 Å². The maximum Gasteiger partial charge on any atom is 0.408 e.